The summed E-state index contributed by atoms with van der Waals surface area (Å²) in [6, 6.07) is 0. The molecule has 1 atom stereocenters. The van der Waals surface area contributed by atoms with E-state index in [0.29, 0.717) is 0 Å². The first-order valence-electron chi connectivity index (χ1n) is 3.69. The zero-order valence-corrected chi connectivity index (χ0v) is 9.80. The normalized spacial score (nSPS) is 10.0. The van der Waals surface area contributed by atoms with Crippen molar-refractivity contribution < 1.29 is 24.0 Å². The molecule has 0 aliphatic rings. The Morgan fingerprint density at radius 2 is 1.78 bits per heavy atom. The van der Waals surface area contributed by atoms with Crippen LogP contribution >= 0.6 is 8.58 Å². The van der Waals surface area contributed by atoms with E-state index in [9.17, 15) is 0 Å². The first kappa shape index (κ1) is 12.8. The van der Waals surface area contributed by atoms with Crippen LogP contribution in [0.25, 0.3) is 0 Å². The second-order valence-corrected chi connectivity index (χ2v) is 3.65. The van der Waals surface area contributed by atoms with E-state index in [2.05, 4.69) is 13.6 Å². The van der Waals surface area contributed by atoms with Crippen LogP contribution < -0.4 is 24.0 Å². The van der Waals surface area contributed by atoms with Crippen molar-refractivity contribution in [1.82, 2.24) is 0 Å². The van der Waals surface area contributed by atoms with Crippen LogP contribution in [0.3, 0.4) is 0 Å². The minimum Gasteiger partial charge on any atom is -1.00 e. The summed E-state index contributed by atoms with van der Waals surface area (Å²) in [6.45, 7) is 4.60. The zero-order valence-electron chi connectivity index (χ0n) is 6.49. The van der Waals surface area contributed by atoms with Gasteiger partial charge in [-0.05, 0) is 21.4 Å². The Hall–Kier alpha value is 1.16. The molecule has 0 aliphatic heterocycles. The summed E-state index contributed by atoms with van der Waals surface area (Å²) in [7, 11) is 0.778. The quantitative estimate of drug-likeness (QED) is 0.359. The maximum Gasteiger partial charge on any atom is 0.0546 e. The van der Waals surface area contributed by atoms with Gasteiger partial charge in [-0.2, -0.15) is 0 Å². The minimum absolute atomic E-state index is 0. The summed E-state index contributed by atoms with van der Waals surface area (Å²) in [5, 5.41) is 0. The number of hydrogen-bond acceptors (Lipinski definition) is 0. The molecule has 0 nitrogen and oxygen atoms in total. The van der Waals surface area contributed by atoms with Crippen LogP contribution in [-0.4, -0.2) is 12.8 Å². The lowest BCUT2D eigenvalue weighted by molar-refractivity contribution is -0.00000184. The van der Waals surface area contributed by atoms with Gasteiger partial charge in [-0.15, -0.1) is 0 Å². The van der Waals surface area contributed by atoms with Gasteiger partial charge in [0, 0.05) is 6.66 Å². The summed E-state index contributed by atoms with van der Waals surface area (Å²) in [4.78, 5) is 0. The second kappa shape index (κ2) is 11.9. The van der Waals surface area contributed by atoms with Crippen molar-refractivity contribution >= 4 is 8.58 Å². The number of unbranched alkanes of at least 4 members (excludes halogenated alkanes) is 3. The monoisotopic (exact) mass is 260 g/mol. The predicted molar refractivity (Wildman–Crippen MR) is 44.6 cm³/mol. The molecule has 0 rings (SSSR count). The largest absolute Gasteiger partial charge is 1.00 e. The molecule has 2 heteroatoms. The minimum atomic E-state index is 0. The summed E-state index contributed by atoms with van der Waals surface area (Å²) < 4.78 is 0. The highest BCUT2D eigenvalue weighted by Crippen LogP contribution is 2.08. The Kier molecular flexibility index (Phi) is 16.9. The van der Waals surface area contributed by atoms with Gasteiger partial charge in [-0.1, -0.05) is 19.8 Å². The van der Waals surface area contributed by atoms with Crippen molar-refractivity contribution in [3.8, 4) is 0 Å². The molecular formula is C7H18IP. The number of halogens is 1. The molecule has 0 aliphatic carbocycles. The molecule has 0 spiro atoms. The molecule has 1 unspecified atom stereocenters. The van der Waals surface area contributed by atoms with Crippen molar-refractivity contribution in [2.24, 2.45) is 0 Å². The molecule has 0 amide bonds. The third-order valence-electron chi connectivity index (χ3n) is 1.35. The van der Waals surface area contributed by atoms with Gasteiger partial charge in [0.25, 0.3) is 0 Å². The average Bonchev–Trinajstić information content (AvgIpc) is 1.81. The first-order valence-corrected chi connectivity index (χ1v) is 5.66. The third-order valence-corrected chi connectivity index (χ3v) is 2.33. The summed E-state index contributed by atoms with van der Waals surface area (Å²) >= 11 is 0. The van der Waals surface area contributed by atoms with E-state index in [4.69, 9.17) is 0 Å². The highest BCUT2D eigenvalue weighted by molar-refractivity contribution is 7.36. The van der Waals surface area contributed by atoms with Crippen LogP contribution in [-0.2, 0) is 0 Å². The van der Waals surface area contributed by atoms with Crippen LogP contribution in [0.1, 0.15) is 32.6 Å². The fraction of sp³-hybridized carbons (Fsp3) is 1.00. The van der Waals surface area contributed by atoms with E-state index in [1.807, 2.05) is 0 Å². The lowest BCUT2D eigenvalue weighted by Crippen LogP contribution is -3.00. The fourth-order valence-corrected chi connectivity index (χ4v) is 1.47. The SMILES string of the molecule is CCCCCC[PH2+]C.[I-]. The standard InChI is InChI=1S/C7H17P.HI/c1-3-4-5-6-7-8-2;/h8H,3-7H2,1-2H3;1H. The molecule has 0 bridgehead atoms. The Morgan fingerprint density at radius 3 is 2.22 bits per heavy atom. The molecule has 0 fully saturated rings. The van der Waals surface area contributed by atoms with Crippen LogP contribution in [0, 0.1) is 0 Å². The van der Waals surface area contributed by atoms with E-state index in [1.54, 1.807) is 0 Å². The van der Waals surface area contributed by atoms with Gasteiger partial charge >= 0.3 is 0 Å². The zero-order chi connectivity index (χ0) is 6.24. The highest BCUT2D eigenvalue weighted by atomic mass is 127. The van der Waals surface area contributed by atoms with Crippen molar-refractivity contribution in [3.63, 3.8) is 0 Å². The van der Waals surface area contributed by atoms with Crippen molar-refractivity contribution in [2.45, 2.75) is 32.6 Å². The van der Waals surface area contributed by atoms with E-state index in [-0.39, 0.29) is 24.0 Å². The van der Waals surface area contributed by atoms with Gasteiger partial charge in [0.05, 0.1) is 6.16 Å². The van der Waals surface area contributed by atoms with Gasteiger partial charge in [0.1, 0.15) is 0 Å². The van der Waals surface area contributed by atoms with E-state index in [1.165, 1.54) is 31.8 Å². The Labute approximate surface area is 78.0 Å². The third kappa shape index (κ3) is 12.4. The van der Waals surface area contributed by atoms with Gasteiger partial charge in [-0.25, -0.2) is 0 Å². The van der Waals surface area contributed by atoms with Gasteiger partial charge in [0.15, 0.2) is 0 Å². The Bertz CT molecular complexity index is 33.9. The maximum atomic E-state index is 2.34. The predicted octanol–water partition coefficient (Wildman–Crippen LogP) is -0.389. The molecule has 0 aromatic rings. The topological polar surface area (TPSA) is 0 Å². The summed E-state index contributed by atoms with van der Waals surface area (Å²) in [6.07, 6.45) is 7.29. The molecule has 0 heterocycles. The molecule has 0 saturated heterocycles. The van der Waals surface area contributed by atoms with Gasteiger partial charge in [-0.3, -0.25) is 0 Å². The van der Waals surface area contributed by atoms with E-state index in [0.717, 1.165) is 8.58 Å². The Morgan fingerprint density at radius 1 is 1.11 bits per heavy atom. The van der Waals surface area contributed by atoms with Gasteiger partial charge < -0.3 is 24.0 Å². The lowest BCUT2D eigenvalue weighted by atomic mass is 10.2. The molecule has 0 N–H and O–H groups in total. The molecule has 9 heavy (non-hydrogen) atoms. The molecule has 0 saturated carbocycles. The number of rotatable bonds is 5. The first-order chi connectivity index (χ1) is 3.91. The van der Waals surface area contributed by atoms with Crippen molar-refractivity contribution in [2.75, 3.05) is 12.8 Å². The second-order valence-electron chi connectivity index (χ2n) is 2.26. The summed E-state index contributed by atoms with van der Waals surface area (Å²) in [5.41, 5.74) is 0. The number of hydrogen-bond donors (Lipinski definition) is 0. The Balaban J connectivity index is 0. The van der Waals surface area contributed by atoms with Crippen LogP contribution in [0.4, 0.5) is 0 Å². The van der Waals surface area contributed by atoms with Crippen molar-refractivity contribution in [1.29, 1.82) is 0 Å². The average molecular weight is 260 g/mol. The van der Waals surface area contributed by atoms with Crippen LogP contribution in [0.15, 0.2) is 0 Å². The molecule has 0 aromatic heterocycles. The van der Waals surface area contributed by atoms with E-state index >= 15 is 0 Å². The van der Waals surface area contributed by atoms with E-state index < -0.39 is 0 Å². The molecule has 0 aromatic carbocycles. The summed E-state index contributed by atoms with van der Waals surface area (Å²) in [5.74, 6) is 0. The van der Waals surface area contributed by atoms with Gasteiger partial charge in [0.2, 0.25) is 0 Å². The molecule has 58 valence electrons. The van der Waals surface area contributed by atoms with Crippen molar-refractivity contribution in [3.05, 3.63) is 0 Å². The smallest absolute Gasteiger partial charge is 0.0546 e. The molecule has 0 radical (unpaired) electrons. The van der Waals surface area contributed by atoms with Crippen LogP contribution in [0.2, 0.25) is 0 Å². The maximum absolute atomic E-state index is 2.34. The fourth-order valence-electron chi connectivity index (χ4n) is 0.775. The molecular weight excluding hydrogens is 242 g/mol. The highest BCUT2D eigenvalue weighted by Gasteiger charge is 1.86. The lowest BCUT2D eigenvalue weighted by Gasteiger charge is -1.90. The van der Waals surface area contributed by atoms with Crippen LogP contribution in [0.5, 0.6) is 0 Å².